The summed E-state index contributed by atoms with van der Waals surface area (Å²) in [6, 6.07) is -3.87. The molecule has 2 spiro atoms. The van der Waals surface area contributed by atoms with Crippen LogP contribution in [0.2, 0.25) is 0 Å². The van der Waals surface area contributed by atoms with Gasteiger partial charge in [-0.25, -0.2) is 4.79 Å². The SMILES string of the molecule is CC(C)[C@H](NC(=O)N[C@H](C(=O)N1CC[C@H]2[C@H]1C1(CCC1)C(=O)N2C(=O)C1CC1)C(C)C)C(=O)N1CC[C@H]2[C@H]1C1(CCC1)C(=O)N2C(=O)C1CC1. The average molecular weight is 693 g/mol. The summed E-state index contributed by atoms with van der Waals surface area (Å²) in [5.74, 6) is -1.73. The van der Waals surface area contributed by atoms with Crippen LogP contribution in [0.25, 0.3) is 0 Å². The van der Waals surface area contributed by atoms with Gasteiger partial charge in [-0.3, -0.25) is 38.6 Å². The van der Waals surface area contributed by atoms with Crippen LogP contribution in [0, 0.1) is 34.5 Å². The van der Waals surface area contributed by atoms with Crippen LogP contribution in [0.15, 0.2) is 0 Å². The van der Waals surface area contributed by atoms with Crippen molar-refractivity contribution in [1.82, 2.24) is 30.2 Å². The lowest BCUT2D eigenvalue weighted by molar-refractivity contribution is -0.154. The van der Waals surface area contributed by atoms with Crippen LogP contribution >= 0.6 is 0 Å². The normalized spacial score (nSPS) is 31.6. The van der Waals surface area contributed by atoms with Crippen molar-refractivity contribution in [2.75, 3.05) is 13.1 Å². The molecule has 13 nitrogen and oxygen atoms in total. The first-order valence-corrected chi connectivity index (χ1v) is 19.3. The average Bonchev–Trinajstić information content (AvgIpc) is 3.93. The van der Waals surface area contributed by atoms with E-state index in [-0.39, 0.29) is 71.2 Å². The van der Waals surface area contributed by atoms with Crippen molar-refractivity contribution in [2.24, 2.45) is 34.5 Å². The fourth-order valence-corrected chi connectivity index (χ4v) is 10.4. The molecule has 6 atom stereocenters. The van der Waals surface area contributed by atoms with E-state index in [1.807, 2.05) is 27.7 Å². The Labute approximate surface area is 293 Å². The van der Waals surface area contributed by atoms with Crippen molar-refractivity contribution in [3.63, 3.8) is 0 Å². The second-order valence-corrected chi connectivity index (χ2v) is 17.3. The van der Waals surface area contributed by atoms with E-state index in [0.717, 1.165) is 38.5 Å². The van der Waals surface area contributed by atoms with Crippen molar-refractivity contribution in [3.8, 4) is 0 Å². The van der Waals surface area contributed by atoms with Gasteiger partial charge in [0.1, 0.15) is 12.1 Å². The molecule has 0 radical (unpaired) electrons. The molecule has 4 heterocycles. The predicted molar refractivity (Wildman–Crippen MR) is 178 cm³/mol. The fourth-order valence-electron chi connectivity index (χ4n) is 10.4. The number of amides is 8. The van der Waals surface area contributed by atoms with E-state index in [9.17, 15) is 33.6 Å². The van der Waals surface area contributed by atoms with Gasteiger partial charge in [0.15, 0.2) is 0 Å². The number of nitrogens with zero attached hydrogens (tertiary/aromatic N) is 4. The molecule has 4 saturated carbocycles. The molecule has 0 unspecified atom stereocenters. The van der Waals surface area contributed by atoms with Gasteiger partial charge < -0.3 is 20.4 Å². The molecule has 4 aliphatic carbocycles. The molecular weight excluding hydrogens is 640 g/mol. The standard InChI is InChI=1S/C37H52N6O7/c1-19(2)25(31(46)40-17-11-23-27(40)36(13-5-14-36)33(48)42(23)29(44)21-7-8-21)38-35(50)39-26(20(3)4)32(47)41-18-12-24-28(41)37(15-6-16-37)34(49)43(24)30(45)22-9-10-22/h19-28H,5-18H2,1-4H3,(H2,38,39,50)/t23-,24-,25-,26-,27-,28-/m0/s1. The van der Waals surface area contributed by atoms with E-state index in [2.05, 4.69) is 10.6 Å². The highest BCUT2D eigenvalue weighted by molar-refractivity contribution is 6.05. The molecular formula is C37H52N6O7. The maximum Gasteiger partial charge on any atom is 0.316 e. The summed E-state index contributed by atoms with van der Waals surface area (Å²) in [7, 11) is 0. The van der Waals surface area contributed by atoms with E-state index in [1.165, 1.54) is 9.80 Å². The molecule has 50 heavy (non-hydrogen) atoms. The molecule has 8 amide bonds. The van der Waals surface area contributed by atoms with Crippen molar-refractivity contribution in [2.45, 2.75) is 141 Å². The van der Waals surface area contributed by atoms with Crippen LogP contribution < -0.4 is 10.6 Å². The molecule has 8 fully saturated rings. The lowest BCUT2D eigenvalue weighted by atomic mass is 9.64. The molecule has 0 aromatic rings. The third-order valence-electron chi connectivity index (χ3n) is 13.6. The number of hydrogen-bond acceptors (Lipinski definition) is 7. The summed E-state index contributed by atoms with van der Waals surface area (Å²) in [5.41, 5.74) is -1.46. The smallest absolute Gasteiger partial charge is 0.316 e. The van der Waals surface area contributed by atoms with Gasteiger partial charge in [0.2, 0.25) is 35.4 Å². The Morgan fingerprint density at radius 1 is 0.600 bits per heavy atom. The number of carbonyl (C=O) groups is 7. The summed E-state index contributed by atoms with van der Waals surface area (Å²) in [6.07, 6.45) is 8.67. The first kappa shape index (κ1) is 33.6. The number of nitrogens with one attached hydrogen (secondary N) is 2. The number of imide groups is 2. The Morgan fingerprint density at radius 2 is 0.960 bits per heavy atom. The van der Waals surface area contributed by atoms with Crippen LogP contribution in [0.5, 0.6) is 0 Å². The third-order valence-corrected chi connectivity index (χ3v) is 13.6. The van der Waals surface area contributed by atoms with Crippen LogP contribution in [-0.4, -0.2) is 110 Å². The highest BCUT2D eigenvalue weighted by Crippen LogP contribution is 2.58. The Hall–Kier alpha value is -3.51. The van der Waals surface area contributed by atoms with E-state index in [1.54, 1.807) is 9.80 Å². The van der Waals surface area contributed by atoms with Crippen LogP contribution in [0.3, 0.4) is 0 Å². The Balaban J connectivity index is 0.972. The van der Waals surface area contributed by atoms with Crippen molar-refractivity contribution < 1.29 is 33.6 Å². The number of carbonyl (C=O) groups excluding carboxylic acids is 7. The fraction of sp³-hybridized carbons (Fsp3) is 0.811. The zero-order chi connectivity index (χ0) is 35.4. The molecule has 0 aromatic heterocycles. The molecule has 2 N–H and O–H groups in total. The largest absolute Gasteiger partial charge is 0.335 e. The lowest BCUT2D eigenvalue weighted by Crippen LogP contribution is -2.62. The molecule has 13 heteroatoms. The molecule has 4 aliphatic heterocycles. The summed E-state index contributed by atoms with van der Waals surface area (Å²) in [5, 5.41) is 5.78. The molecule has 0 bridgehead atoms. The summed E-state index contributed by atoms with van der Waals surface area (Å²) >= 11 is 0. The molecule has 0 aromatic carbocycles. The second kappa shape index (κ2) is 11.8. The quantitative estimate of drug-likeness (QED) is 0.370. The molecule has 8 rings (SSSR count). The molecule has 4 saturated heterocycles. The first-order chi connectivity index (χ1) is 23.8. The van der Waals surface area contributed by atoms with Crippen molar-refractivity contribution in [3.05, 3.63) is 0 Å². The molecule has 8 aliphatic rings. The van der Waals surface area contributed by atoms with Crippen molar-refractivity contribution >= 4 is 41.5 Å². The van der Waals surface area contributed by atoms with Gasteiger partial charge in [-0.15, -0.1) is 0 Å². The monoisotopic (exact) mass is 692 g/mol. The van der Waals surface area contributed by atoms with Gasteiger partial charge in [0, 0.05) is 24.9 Å². The number of fused-ring (bicyclic) bond motifs is 4. The first-order valence-electron chi connectivity index (χ1n) is 19.3. The van der Waals surface area contributed by atoms with E-state index in [4.69, 9.17) is 0 Å². The minimum absolute atomic E-state index is 0.0889. The van der Waals surface area contributed by atoms with E-state index in [0.29, 0.717) is 51.6 Å². The van der Waals surface area contributed by atoms with Gasteiger partial charge in [0.05, 0.1) is 35.0 Å². The minimum Gasteiger partial charge on any atom is -0.335 e. The maximum absolute atomic E-state index is 14.3. The third kappa shape index (κ3) is 4.79. The topological polar surface area (TPSA) is 157 Å². The van der Waals surface area contributed by atoms with Crippen molar-refractivity contribution in [1.29, 1.82) is 0 Å². The maximum atomic E-state index is 14.3. The minimum atomic E-state index is -0.902. The highest BCUT2D eigenvalue weighted by atomic mass is 16.2. The van der Waals surface area contributed by atoms with E-state index >= 15 is 0 Å². The van der Waals surface area contributed by atoms with Crippen LogP contribution in [-0.2, 0) is 28.8 Å². The number of rotatable bonds is 8. The van der Waals surface area contributed by atoms with E-state index < -0.39 is 41.0 Å². The summed E-state index contributed by atoms with van der Waals surface area (Å²) in [4.78, 5) is 103. The number of hydrogen-bond donors (Lipinski definition) is 2. The summed E-state index contributed by atoms with van der Waals surface area (Å²) in [6.45, 7) is 8.26. The van der Waals surface area contributed by atoms with Gasteiger partial charge in [-0.2, -0.15) is 0 Å². The van der Waals surface area contributed by atoms with Crippen LogP contribution in [0.1, 0.15) is 105 Å². The van der Waals surface area contributed by atoms with Crippen LogP contribution in [0.4, 0.5) is 4.79 Å². The second-order valence-electron chi connectivity index (χ2n) is 17.3. The van der Waals surface area contributed by atoms with Gasteiger partial charge in [-0.05, 0) is 76.0 Å². The highest BCUT2D eigenvalue weighted by Gasteiger charge is 2.69. The Bertz CT molecular complexity index is 1420. The zero-order valence-electron chi connectivity index (χ0n) is 29.8. The van der Waals surface area contributed by atoms with Gasteiger partial charge in [-0.1, -0.05) is 40.5 Å². The van der Waals surface area contributed by atoms with Gasteiger partial charge in [0.25, 0.3) is 0 Å². The number of likely N-dealkylation sites (tertiary alicyclic amines) is 4. The summed E-state index contributed by atoms with van der Waals surface area (Å²) < 4.78 is 0. The lowest BCUT2D eigenvalue weighted by Gasteiger charge is -2.45. The zero-order valence-corrected chi connectivity index (χ0v) is 29.8. The Kier molecular flexibility index (Phi) is 7.91. The predicted octanol–water partition coefficient (Wildman–Crippen LogP) is 2.17. The Morgan fingerprint density at radius 3 is 1.24 bits per heavy atom. The molecule has 272 valence electrons. The number of urea groups is 1. The van der Waals surface area contributed by atoms with Gasteiger partial charge >= 0.3 is 6.03 Å².